The van der Waals surface area contributed by atoms with Gasteiger partial charge >= 0.3 is 5.97 Å². The number of ether oxygens (including phenoxy) is 1. The number of carbonyl (C=O) groups excluding carboxylic acids is 1. The Labute approximate surface area is 247 Å². The highest BCUT2D eigenvalue weighted by molar-refractivity contribution is 5.69. The molecule has 3 nitrogen and oxygen atoms in total. The molecule has 0 amide bonds. The fourth-order valence-electron chi connectivity index (χ4n) is 5.20. The number of rotatable bonds is 31. The molecule has 0 aliphatic carbocycles. The number of aliphatic hydroxyl groups is 1. The zero-order valence-corrected chi connectivity index (χ0v) is 27.4. The van der Waals surface area contributed by atoms with Gasteiger partial charge in [0.1, 0.15) is 0 Å². The highest BCUT2D eigenvalue weighted by Crippen LogP contribution is 2.15. The molecule has 0 aromatic heterocycles. The molecule has 0 unspecified atom stereocenters. The van der Waals surface area contributed by atoms with Gasteiger partial charge in [0.15, 0.2) is 0 Å². The van der Waals surface area contributed by atoms with Crippen LogP contribution in [0.5, 0.6) is 0 Å². The minimum atomic E-state index is 0.0272. The van der Waals surface area contributed by atoms with Gasteiger partial charge in [0.25, 0.3) is 0 Å². The summed E-state index contributed by atoms with van der Waals surface area (Å²) in [6.07, 6.45) is 40.1. The Bertz CT molecular complexity index is 388. The largest absolute Gasteiger partial charge is 0.466 e. The van der Waals surface area contributed by atoms with Gasteiger partial charge in [-0.25, -0.2) is 0 Å². The second-order valence-corrected chi connectivity index (χ2v) is 11.8. The molecule has 0 aliphatic heterocycles. The van der Waals surface area contributed by atoms with E-state index < -0.39 is 0 Å². The van der Waals surface area contributed by atoms with Crippen molar-refractivity contribution in [1.82, 2.24) is 0 Å². The van der Waals surface area contributed by atoms with Crippen molar-refractivity contribution in [3.63, 3.8) is 0 Å². The van der Waals surface area contributed by atoms with Crippen LogP contribution in [0.3, 0.4) is 0 Å². The molecule has 0 saturated carbocycles. The van der Waals surface area contributed by atoms with E-state index in [0.717, 1.165) is 12.8 Å². The number of esters is 1. The Hall–Kier alpha value is -0.570. The maximum absolute atomic E-state index is 11.9. The maximum Gasteiger partial charge on any atom is 0.305 e. The Morgan fingerprint density at radius 1 is 0.410 bits per heavy atom. The van der Waals surface area contributed by atoms with Gasteiger partial charge in [-0.3, -0.25) is 4.79 Å². The molecule has 0 aromatic rings. The summed E-state index contributed by atoms with van der Waals surface area (Å²) in [6.45, 7) is 7.14. The van der Waals surface area contributed by atoms with Gasteiger partial charge in [-0.15, -0.1) is 0 Å². The third-order valence-corrected chi connectivity index (χ3v) is 7.75. The molecule has 0 fully saturated rings. The molecule has 39 heavy (non-hydrogen) atoms. The zero-order chi connectivity index (χ0) is 28.9. The van der Waals surface area contributed by atoms with Gasteiger partial charge in [0, 0.05) is 13.0 Å². The predicted octanol–water partition coefficient (Wildman–Crippen LogP) is 12.3. The molecule has 0 rings (SSSR count). The van der Waals surface area contributed by atoms with Crippen LogP contribution >= 0.6 is 0 Å². The van der Waals surface area contributed by atoms with Gasteiger partial charge in [-0.2, -0.15) is 0 Å². The van der Waals surface area contributed by atoms with Crippen molar-refractivity contribution < 1.29 is 14.6 Å². The highest BCUT2D eigenvalue weighted by Gasteiger charge is 2.03. The first kappa shape index (κ1) is 40.6. The average Bonchev–Trinajstić information content (AvgIpc) is 2.93. The third-order valence-electron chi connectivity index (χ3n) is 7.75. The minimum Gasteiger partial charge on any atom is -0.466 e. The van der Waals surface area contributed by atoms with E-state index >= 15 is 0 Å². The molecule has 0 aliphatic rings. The molecule has 236 valence electrons. The summed E-state index contributed by atoms with van der Waals surface area (Å²) in [5.41, 5.74) is 0. The van der Waals surface area contributed by atoms with Crippen molar-refractivity contribution in [2.24, 2.45) is 0 Å². The summed E-state index contributed by atoms with van der Waals surface area (Å²) in [7, 11) is 0. The van der Waals surface area contributed by atoms with E-state index in [1.165, 1.54) is 173 Å². The van der Waals surface area contributed by atoms with E-state index in [1.807, 2.05) is 0 Å². The van der Waals surface area contributed by atoms with E-state index in [2.05, 4.69) is 13.8 Å². The van der Waals surface area contributed by atoms with Gasteiger partial charge in [0.05, 0.1) is 6.61 Å². The molecular formula is C36H74O3. The van der Waals surface area contributed by atoms with Crippen LogP contribution in [0.2, 0.25) is 0 Å². The Balaban J connectivity index is 0. The summed E-state index contributed by atoms with van der Waals surface area (Å²) in [5, 5.41) is 7.57. The summed E-state index contributed by atoms with van der Waals surface area (Å²) in [5.74, 6) is 0.0272. The smallest absolute Gasteiger partial charge is 0.305 e. The summed E-state index contributed by atoms with van der Waals surface area (Å²) in [4.78, 5) is 11.9. The molecule has 0 heterocycles. The van der Waals surface area contributed by atoms with Crippen LogP contribution in [-0.2, 0) is 9.53 Å². The second kappa shape index (κ2) is 39.6. The van der Waals surface area contributed by atoms with Crippen molar-refractivity contribution in [2.75, 3.05) is 13.2 Å². The maximum atomic E-state index is 11.9. The summed E-state index contributed by atoms with van der Waals surface area (Å²) in [6, 6.07) is 0. The second-order valence-electron chi connectivity index (χ2n) is 11.8. The van der Waals surface area contributed by atoms with E-state index in [1.54, 1.807) is 6.92 Å². The van der Waals surface area contributed by atoms with Crippen LogP contribution < -0.4 is 0 Å². The van der Waals surface area contributed by atoms with Gasteiger partial charge in [-0.1, -0.05) is 187 Å². The van der Waals surface area contributed by atoms with Crippen molar-refractivity contribution in [3.8, 4) is 0 Å². The fraction of sp³-hybridized carbons (Fsp3) is 0.972. The number of aliphatic hydroxyl groups excluding tert-OH is 1. The van der Waals surface area contributed by atoms with E-state index in [4.69, 9.17) is 9.84 Å². The van der Waals surface area contributed by atoms with Gasteiger partial charge < -0.3 is 9.84 Å². The number of hydrogen-bond donors (Lipinski definition) is 1. The SMILES string of the molecule is CCCCCCCCCCCCCCCCCC(=O)OCCCCCCCCCCCCCCCC.CCO. The first-order valence-corrected chi connectivity index (χ1v) is 18.0. The number of carbonyl (C=O) groups is 1. The van der Waals surface area contributed by atoms with Crippen LogP contribution in [0.25, 0.3) is 0 Å². The van der Waals surface area contributed by atoms with Crippen LogP contribution in [0.4, 0.5) is 0 Å². The van der Waals surface area contributed by atoms with Crippen LogP contribution in [0, 0.1) is 0 Å². The van der Waals surface area contributed by atoms with Crippen LogP contribution in [0.15, 0.2) is 0 Å². The van der Waals surface area contributed by atoms with Gasteiger partial charge in [0.2, 0.25) is 0 Å². The highest BCUT2D eigenvalue weighted by atomic mass is 16.5. The monoisotopic (exact) mass is 555 g/mol. The molecule has 0 saturated heterocycles. The van der Waals surface area contributed by atoms with E-state index in [-0.39, 0.29) is 12.6 Å². The Kier molecular flexibility index (Phi) is 41.2. The summed E-state index contributed by atoms with van der Waals surface area (Å²) >= 11 is 0. The Morgan fingerprint density at radius 3 is 0.923 bits per heavy atom. The normalized spacial score (nSPS) is 10.9. The van der Waals surface area contributed by atoms with Crippen LogP contribution in [0.1, 0.15) is 213 Å². The van der Waals surface area contributed by atoms with Crippen molar-refractivity contribution >= 4 is 5.97 Å². The standard InChI is InChI=1S/C34H68O2.C2H6O/c1-3-5-7-9-11-13-15-17-19-20-22-24-26-28-30-32-34(35)36-33-31-29-27-25-23-21-18-16-14-12-10-8-6-4-2;1-2-3/h3-33H2,1-2H3;3H,2H2,1H3. The lowest BCUT2D eigenvalue weighted by atomic mass is 10.0. The molecule has 0 spiro atoms. The quantitative estimate of drug-likeness (QED) is 0.0684. The van der Waals surface area contributed by atoms with Crippen molar-refractivity contribution in [3.05, 3.63) is 0 Å². The lowest BCUT2D eigenvalue weighted by Gasteiger charge is -2.06. The van der Waals surface area contributed by atoms with Gasteiger partial charge in [-0.05, 0) is 19.8 Å². The number of unbranched alkanes of at least 4 members (excludes halogenated alkanes) is 27. The van der Waals surface area contributed by atoms with Crippen LogP contribution in [-0.4, -0.2) is 24.3 Å². The molecule has 1 N–H and O–H groups in total. The average molecular weight is 555 g/mol. The predicted molar refractivity (Wildman–Crippen MR) is 174 cm³/mol. The first-order valence-electron chi connectivity index (χ1n) is 18.0. The molecule has 0 atom stereocenters. The van der Waals surface area contributed by atoms with Crippen molar-refractivity contribution in [1.29, 1.82) is 0 Å². The first-order chi connectivity index (χ1) is 19.2. The molecule has 0 aromatic carbocycles. The lowest BCUT2D eigenvalue weighted by molar-refractivity contribution is -0.143. The molecule has 3 heteroatoms. The minimum absolute atomic E-state index is 0.0272. The zero-order valence-electron chi connectivity index (χ0n) is 27.4. The van der Waals surface area contributed by atoms with Crippen molar-refractivity contribution in [2.45, 2.75) is 213 Å². The van der Waals surface area contributed by atoms with E-state index in [0.29, 0.717) is 13.0 Å². The molecular weight excluding hydrogens is 480 g/mol. The van der Waals surface area contributed by atoms with E-state index in [9.17, 15) is 4.79 Å². The Morgan fingerprint density at radius 2 is 0.641 bits per heavy atom. The third kappa shape index (κ3) is 42.0. The molecule has 0 bridgehead atoms. The summed E-state index contributed by atoms with van der Waals surface area (Å²) < 4.78 is 5.43. The number of hydrogen-bond acceptors (Lipinski definition) is 3. The topological polar surface area (TPSA) is 46.5 Å². The fourth-order valence-corrected chi connectivity index (χ4v) is 5.20. The molecule has 0 radical (unpaired) electrons. The lowest BCUT2D eigenvalue weighted by Crippen LogP contribution is -2.05.